The molecule has 7 nitrogen and oxygen atoms in total. The Kier molecular flexibility index (Phi) is 4.58. The number of amides is 1. The van der Waals surface area contributed by atoms with Crippen molar-refractivity contribution < 1.29 is 13.6 Å². The van der Waals surface area contributed by atoms with Crippen LogP contribution in [0.3, 0.4) is 0 Å². The van der Waals surface area contributed by atoms with E-state index in [2.05, 4.69) is 15.3 Å². The number of rotatable bonds is 3. The fourth-order valence-corrected chi connectivity index (χ4v) is 3.95. The van der Waals surface area contributed by atoms with Crippen LogP contribution in [0.15, 0.2) is 54.9 Å². The molecule has 9 heteroatoms. The fraction of sp³-hybridized carbons (Fsp3) is 0.182. The number of halogens is 2. The second-order valence-electron chi connectivity index (χ2n) is 7.36. The number of hydrogen-bond acceptors (Lipinski definition) is 4. The van der Waals surface area contributed by atoms with E-state index in [1.807, 2.05) is 41.9 Å². The van der Waals surface area contributed by atoms with Crippen molar-refractivity contribution in [3.63, 3.8) is 0 Å². The van der Waals surface area contributed by atoms with Crippen LogP contribution in [0.2, 0.25) is 0 Å². The summed E-state index contributed by atoms with van der Waals surface area (Å²) in [7, 11) is 1.84. The minimum Gasteiger partial charge on any atom is -0.334 e. The number of hydrogen-bond donors (Lipinski definition) is 0. The third kappa shape index (κ3) is 3.27. The van der Waals surface area contributed by atoms with Gasteiger partial charge in [-0.1, -0.05) is 18.2 Å². The van der Waals surface area contributed by atoms with Gasteiger partial charge in [0.15, 0.2) is 5.82 Å². The zero-order valence-electron chi connectivity index (χ0n) is 16.7. The van der Waals surface area contributed by atoms with E-state index in [-0.39, 0.29) is 12.1 Å². The van der Waals surface area contributed by atoms with Crippen molar-refractivity contribution in [2.75, 3.05) is 6.54 Å². The van der Waals surface area contributed by atoms with Crippen molar-refractivity contribution in [2.24, 2.45) is 7.05 Å². The van der Waals surface area contributed by atoms with Gasteiger partial charge >= 0.3 is 0 Å². The van der Waals surface area contributed by atoms with Crippen LogP contribution >= 0.6 is 0 Å². The Balaban J connectivity index is 1.53. The second kappa shape index (κ2) is 7.42. The molecule has 0 N–H and O–H groups in total. The Morgan fingerprint density at radius 1 is 1.10 bits per heavy atom. The summed E-state index contributed by atoms with van der Waals surface area (Å²) in [5.41, 5.74) is 3.01. The van der Waals surface area contributed by atoms with Gasteiger partial charge in [-0.25, -0.2) is 8.78 Å². The van der Waals surface area contributed by atoms with Crippen LogP contribution in [-0.2, 0) is 20.0 Å². The fourth-order valence-electron chi connectivity index (χ4n) is 3.95. The minimum atomic E-state index is -0.743. The van der Waals surface area contributed by atoms with Crippen LogP contribution < -0.4 is 0 Å². The van der Waals surface area contributed by atoms with Crippen molar-refractivity contribution in [3.05, 3.63) is 83.3 Å². The highest BCUT2D eigenvalue weighted by Gasteiger charge is 2.30. The molecule has 4 aromatic rings. The van der Waals surface area contributed by atoms with Gasteiger partial charge in [0.1, 0.15) is 23.7 Å². The molecule has 1 aliphatic rings. The molecule has 0 spiro atoms. The number of benzene rings is 2. The van der Waals surface area contributed by atoms with Gasteiger partial charge in [-0.3, -0.25) is 14.0 Å². The van der Waals surface area contributed by atoms with Crippen molar-refractivity contribution in [1.82, 2.24) is 29.4 Å². The summed E-state index contributed by atoms with van der Waals surface area (Å²) in [6.07, 6.45) is 2.15. The van der Waals surface area contributed by atoms with Gasteiger partial charge in [0, 0.05) is 37.0 Å². The molecule has 0 unspecified atom stereocenters. The van der Waals surface area contributed by atoms with Gasteiger partial charge in [-0.05, 0) is 30.3 Å². The Hall–Kier alpha value is -3.88. The summed E-state index contributed by atoms with van der Waals surface area (Å²) < 4.78 is 31.4. The minimum absolute atomic E-state index is 0.217. The highest BCUT2D eigenvalue weighted by molar-refractivity contribution is 5.94. The monoisotopic (exact) mass is 420 g/mol. The molecule has 1 amide bonds. The number of fused-ring (bicyclic) bond motifs is 1. The first-order valence-electron chi connectivity index (χ1n) is 9.78. The molecule has 3 heterocycles. The molecule has 156 valence electrons. The van der Waals surface area contributed by atoms with Crippen molar-refractivity contribution in [1.29, 1.82) is 0 Å². The number of aryl methyl sites for hydroxylation is 1. The molecule has 0 bridgehead atoms. The average molecular weight is 420 g/mol. The Bertz CT molecular complexity index is 1280. The highest BCUT2D eigenvalue weighted by Crippen LogP contribution is 2.30. The largest absolute Gasteiger partial charge is 0.334 e. The lowest BCUT2D eigenvalue weighted by Gasteiger charge is -2.28. The first kappa shape index (κ1) is 19.1. The van der Waals surface area contributed by atoms with Gasteiger partial charge in [-0.15, -0.1) is 10.2 Å². The quantitative estimate of drug-likeness (QED) is 0.511. The van der Waals surface area contributed by atoms with Crippen molar-refractivity contribution >= 4 is 5.91 Å². The smallest absolute Gasteiger partial charge is 0.257 e. The summed E-state index contributed by atoms with van der Waals surface area (Å²) in [6, 6.07) is 12.5. The Morgan fingerprint density at radius 3 is 2.71 bits per heavy atom. The predicted molar refractivity (Wildman–Crippen MR) is 108 cm³/mol. The lowest BCUT2D eigenvalue weighted by Crippen LogP contribution is -2.36. The molecule has 5 rings (SSSR count). The first-order valence-corrected chi connectivity index (χ1v) is 9.78. The standard InChI is InChI=1S/C22H18F2N6O/c1-28-19-9-10-29(22(31)16-11-14(23)7-8-18(16)24)12-17(19)20(27-28)21-26-25-13-30(21)15-5-3-2-4-6-15/h2-8,11,13H,9-10,12H2,1H3. The lowest BCUT2D eigenvalue weighted by molar-refractivity contribution is 0.0728. The van der Waals surface area contributed by atoms with E-state index in [4.69, 9.17) is 0 Å². The normalized spacial score (nSPS) is 13.3. The number of aromatic nitrogens is 5. The highest BCUT2D eigenvalue weighted by atomic mass is 19.1. The molecule has 0 saturated carbocycles. The molecule has 0 aliphatic carbocycles. The molecule has 2 aromatic carbocycles. The summed E-state index contributed by atoms with van der Waals surface area (Å²) in [6.45, 7) is 0.598. The third-order valence-corrected chi connectivity index (χ3v) is 5.48. The van der Waals surface area contributed by atoms with Crippen LogP contribution in [0.1, 0.15) is 21.6 Å². The van der Waals surface area contributed by atoms with Gasteiger partial charge in [0.2, 0.25) is 0 Å². The first-order chi connectivity index (χ1) is 15.0. The predicted octanol–water partition coefficient (Wildman–Crippen LogP) is 3.14. The van der Waals surface area contributed by atoms with E-state index in [1.54, 1.807) is 11.0 Å². The molecular formula is C22H18F2N6O. The number of nitrogens with zero attached hydrogens (tertiary/aromatic N) is 6. The van der Waals surface area contributed by atoms with Crippen LogP contribution in [0.4, 0.5) is 8.78 Å². The maximum absolute atomic E-state index is 14.2. The summed E-state index contributed by atoms with van der Waals surface area (Å²) in [5.74, 6) is -1.40. The molecule has 1 aliphatic heterocycles. The molecular weight excluding hydrogens is 402 g/mol. The second-order valence-corrected chi connectivity index (χ2v) is 7.36. The molecule has 0 radical (unpaired) electrons. The van der Waals surface area contributed by atoms with Crippen molar-refractivity contribution in [2.45, 2.75) is 13.0 Å². The van der Waals surface area contributed by atoms with E-state index in [1.165, 1.54) is 4.90 Å². The van der Waals surface area contributed by atoms with Gasteiger partial charge in [0.25, 0.3) is 5.91 Å². The zero-order chi connectivity index (χ0) is 21.5. The number of carbonyl (C=O) groups excluding carboxylic acids is 1. The number of carbonyl (C=O) groups is 1. The van der Waals surface area contributed by atoms with E-state index in [0.717, 1.165) is 35.1 Å². The lowest BCUT2D eigenvalue weighted by atomic mass is 10.0. The maximum Gasteiger partial charge on any atom is 0.257 e. The molecule has 0 fully saturated rings. The summed E-state index contributed by atoms with van der Waals surface area (Å²) in [4.78, 5) is 14.4. The summed E-state index contributed by atoms with van der Waals surface area (Å²) >= 11 is 0. The topological polar surface area (TPSA) is 68.8 Å². The van der Waals surface area contributed by atoms with Crippen LogP contribution in [0, 0.1) is 11.6 Å². The average Bonchev–Trinajstić information content (AvgIpc) is 3.40. The SMILES string of the molecule is Cn1nc(-c2nncn2-c2ccccc2)c2c1CCN(C(=O)c1cc(F)ccc1F)C2. The zero-order valence-corrected chi connectivity index (χ0v) is 16.7. The number of para-hydroxylation sites is 1. The molecule has 0 atom stereocenters. The van der Waals surface area contributed by atoms with Crippen LogP contribution in [-0.4, -0.2) is 41.9 Å². The van der Waals surface area contributed by atoms with Gasteiger partial charge in [-0.2, -0.15) is 5.10 Å². The molecule has 31 heavy (non-hydrogen) atoms. The Morgan fingerprint density at radius 2 is 1.90 bits per heavy atom. The molecule has 0 saturated heterocycles. The van der Waals surface area contributed by atoms with Crippen LogP contribution in [0.5, 0.6) is 0 Å². The van der Waals surface area contributed by atoms with Gasteiger partial charge < -0.3 is 4.90 Å². The van der Waals surface area contributed by atoms with Crippen molar-refractivity contribution in [3.8, 4) is 17.2 Å². The summed E-state index contributed by atoms with van der Waals surface area (Å²) in [5, 5.41) is 13.0. The van der Waals surface area contributed by atoms with E-state index in [9.17, 15) is 13.6 Å². The Labute approximate surface area is 176 Å². The van der Waals surface area contributed by atoms with Crippen LogP contribution in [0.25, 0.3) is 17.2 Å². The van der Waals surface area contributed by atoms with Gasteiger partial charge in [0.05, 0.1) is 12.1 Å². The molecule has 2 aromatic heterocycles. The third-order valence-electron chi connectivity index (χ3n) is 5.48. The van der Waals surface area contributed by atoms with E-state index < -0.39 is 17.5 Å². The van der Waals surface area contributed by atoms with E-state index >= 15 is 0 Å². The van der Waals surface area contributed by atoms with E-state index in [0.29, 0.717) is 24.5 Å². The maximum atomic E-state index is 14.2.